The van der Waals surface area contributed by atoms with E-state index < -0.39 is 11.3 Å². The molecule has 2 N–H and O–H groups in total. The first-order valence-corrected chi connectivity index (χ1v) is 11.8. The Morgan fingerprint density at radius 3 is 2.45 bits per heavy atom. The van der Waals surface area contributed by atoms with Crippen LogP contribution >= 0.6 is 11.6 Å². The number of halogens is 1. The number of hydrogen-bond donors (Lipinski definition) is 2. The second-order valence-electron chi connectivity index (χ2n) is 7.38. The molecule has 6 nitrogen and oxygen atoms in total. The summed E-state index contributed by atoms with van der Waals surface area (Å²) in [7, 11) is 0. The Kier molecular flexibility index (Phi) is 7.03. The van der Waals surface area contributed by atoms with Crippen LogP contribution in [0.1, 0.15) is 35.3 Å². The van der Waals surface area contributed by atoms with E-state index in [1.54, 1.807) is 60.8 Å². The Hall–Kier alpha value is -3.26. The summed E-state index contributed by atoms with van der Waals surface area (Å²) in [5.74, 6) is -0.351. The Morgan fingerprint density at radius 2 is 1.73 bits per heavy atom. The van der Waals surface area contributed by atoms with Gasteiger partial charge in [-0.15, -0.1) is 0 Å². The molecule has 2 atom stereocenters. The molecule has 33 heavy (non-hydrogen) atoms. The van der Waals surface area contributed by atoms with Gasteiger partial charge in [0.05, 0.1) is 28.5 Å². The maximum atomic E-state index is 13.3. The van der Waals surface area contributed by atoms with Gasteiger partial charge in [0.25, 0.3) is 17.2 Å². The van der Waals surface area contributed by atoms with E-state index in [1.807, 2.05) is 31.2 Å². The SMILES string of the molecule is CCC(NC(=O)c1ccccc1N(c1cccc2cccnc12)S(=O)O)c1ccc(Cl)cc1. The van der Waals surface area contributed by atoms with Crippen molar-refractivity contribution in [2.75, 3.05) is 4.31 Å². The van der Waals surface area contributed by atoms with Crippen molar-refractivity contribution in [3.05, 3.63) is 101 Å². The number of fused-ring (bicyclic) bond motifs is 1. The number of hydrogen-bond acceptors (Lipinski definition) is 3. The molecule has 0 aliphatic rings. The first-order chi connectivity index (χ1) is 16.0. The number of aromatic nitrogens is 1. The molecule has 0 aliphatic heterocycles. The van der Waals surface area contributed by atoms with Crippen molar-refractivity contribution in [2.45, 2.75) is 19.4 Å². The number of carbonyl (C=O) groups excluding carboxylic acids is 1. The van der Waals surface area contributed by atoms with E-state index in [9.17, 15) is 13.6 Å². The van der Waals surface area contributed by atoms with Crippen LogP contribution in [0.15, 0.2) is 85.1 Å². The predicted molar refractivity (Wildman–Crippen MR) is 133 cm³/mol. The van der Waals surface area contributed by atoms with E-state index in [2.05, 4.69) is 10.3 Å². The highest BCUT2D eigenvalue weighted by atomic mass is 35.5. The largest absolute Gasteiger partial charge is 0.345 e. The lowest BCUT2D eigenvalue weighted by Crippen LogP contribution is -2.30. The fraction of sp³-hybridized carbons (Fsp3) is 0.120. The van der Waals surface area contributed by atoms with Gasteiger partial charge in [0.1, 0.15) is 0 Å². The molecule has 168 valence electrons. The topological polar surface area (TPSA) is 82.5 Å². The number of benzene rings is 3. The van der Waals surface area contributed by atoms with Crippen LogP contribution in [0.4, 0.5) is 11.4 Å². The minimum atomic E-state index is -2.44. The van der Waals surface area contributed by atoms with Gasteiger partial charge in [-0.25, -0.2) is 8.51 Å². The molecule has 4 rings (SSSR count). The Balaban J connectivity index is 1.74. The Morgan fingerprint density at radius 1 is 1.03 bits per heavy atom. The Labute approximate surface area is 199 Å². The van der Waals surface area contributed by atoms with Crippen LogP contribution in [-0.2, 0) is 11.3 Å². The lowest BCUT2D eigenvalue weighted by Gasteiger charge is -2.24. The summed E-state index contributed by atoms with van der Waals surface area (Å²) in [5, 5.41) is 4.48. The monoisotopic (exact) mass is 479 g/mol. The standard InChI is InChI=1S/C25H22ClN3O3S/c1-2-21(17-12-14-19(26)15-13-17)28-25(30)20-9-3-4-10-22(20)29(33(31)32)23-11-5-7-18-8-6-16-27-24(18)23/h3-16,21H,2H2,1H3,(H,28,30)(H,31,32). The smallest absolute Gasteiger partial charge is 0.266 e. The molecule has 2 unspecified atom stereocenters. The second kappa shape index (κ2) is 10.1. The highest BCUT2D eigenvalue weighted by Crippen LogP contribution is 2.34. The van der Waals surface area contributed by atoms with Crippen LogP contribution in [0.2, 0.25) is 5.02 Å². The molecule has 1 aromatic heterocycles. The van der Waals surface area contributed by atoms with Gasteiger partial charge in [0.15, 0.2) is 0 Å². The maximum Gasteiger partial charge on any atom is 0.266 e. The highest BCUT2D eigenvalue weighted by molar-refractivity contribution is 7.81. The van der Waals surface area contributed by atoms with E-state index in [0.29, 0.717) is 28.3 Å². The van der Waals surface area contributed by atoms with Crippen LogP contribution in [0, 0.1) is 0 Å². The zero-order chi connectivity index (χ0) is 23.4. The number of anilines is 2. The van der Waals surface area contributed by atoms with Crippen LogP contribution in [-0.4, -0.2) is 19.7 Å². The summed E-state index contributed by atoms with van der Waals surface area (Å²) in [4.78, 5) is 17.7. The van der Waals surface area contributed by atoms with Gasteiger partial charge in [-0.2, -0.15) is 0 Å². The molecule has 0 aliphatic carbocycles. The average molecular weight is 480 g/mol. The summed E-state index contributed by atoms with van der Waals surface area (Å²) in [5.41, 5.74) is 2.50. The third kappa shape index (κ3) is 4.90. The third-order valence-electron chi connectivity index (χ3n) is 5.34. The predicted octanol–water partition coefficient (Wildman–Crippen LogP) is 6.04. The number of carbonyl (C=O) groups is 1. The molecule has 0 bridgehead atoms. The lowest BCUT2D eigenvalue weighted by atomic mass is 10.0. The zero-order valence-corrected chi connectivity index (χ0v) is 19.4. The highest BCUT2D eigenvalue weighted by Gasteiger charge is 2.25. The Bertz CT molecular complexity index is 1310. The van der Waals surface area contributed by atoms with Crippen molar-refractivity contribution in [3.63, 3.8) is 0 Å². The summed E-state index contributed by atoms with van der Waals surface area (Å²) in [6, 6.07) is 22.9. The van der Waals surface area contributed by atoms with Crippen molar-refractivity contribution < 1.29 is 13.6 Å². The van der Waals surface area contributed by atoms with Crippen LogP contribution in [0.3, 0.4) is 0 Å². The van der Waals surface area contributed by atoms with E-state index in [1.165, 1.54) is 4.31 Å². The van der Waals surface area contributed by atoms with Crippen molar-refractivity contribution in [1.82, 2.24) is 10.3 Å². The number of para-hydroxylation sites is 2. The van der Waals surface area contributed by atoms with Crippen LogP contribution in [0.25, 0.3) is 10.9 Å². The lowest BCUT2D eigenvalue weighted by molar-refractivity contribution is 0.0936. The molecule has 3 aromatic carbocycles. The number of pyridine rings is 1. The van der Waals surface area contributed by atoms with Crippen molar-refractivity contribution in [1.29, 1.82) is 0 Å². The average Bonchev–Trinajstić information content (AvgIpc) is 2.83. The molecule has 0 fully saturated rings. The molecule has 1 amide bonds. The van der Waals surface area contributed by atoms with Gasteiger partial charge in [0, 0.05) is 16.6 Å². The summed E-state index contributed by atoms with van der Waals surface area (Å²) < 4.78 is 24.0. The number of nitrogens with one attached hydrogen (secondary N) is 1. The first-order valence-electron chi connectivity index (χ1n) is 10.4. The molecule has 0 spiro atoms. The van der Waals surface area contributed by atoms with Gasteiger partial charge in [0.2, 0.25) is 0 Å². The molecule has 1 heterocycles. The van der Waals surface area contributed by atoms with E-state index in [-0.39, 0.29) is 17.5 Å². The van der Waals surface area contributed by atoms with Gasteiger partial charge in [-0.3, -0.25) is 14.3 Å². The molecule has 4 aromatic rings. The summed E-state index contributed by atoms with van der Waals surface area (Å²) in [6.07, 6.45) is 2.29. The summed E-state index contributed by atoms with van der Waals surface area (Å²) >= 11 is 3.55. The van der Waals surface area contributed by atoms with E-state index in [0.717, 1.165) is 10.9 Å². The summed E-state index contributed by atoms with van der Waals surface area (Å²) in [6.45, 7) is 1.97. The van der Waals surface area contributed by atoms with Gasteiger partial charge in [-0.1, -0.05) is 61.0 Å². The molecular weight excluding hydrogens is 458 g/mol. The van der Waals surface area contributed by atoms with Gasteiger partial charge >= 0.3 is 0 Å². The molecule has 0 saturated heterocycles. The quantitative estimate of drug-likeness (QED) is 0.316. The maximum absolute atomic E-state index is 13.3. The van der Waals surface area contributed by atoms with Crippen molar-refractivity contribution in [2.24, 2.45) is 0 Å². The van der Waals surface area contributed by atoms with Gasteiger partial charge < -0.3 is 5.32 Å². The minimum Gasteiger partial charge on any atom is -0.345 e. The zero-order valence-electron chi connectivity index (χ0n) is 17.8. The van der Waals surface area contributed by atoms with E-state index in [4.69, 9.17) is 11.6 Å². The number of nitrogens with zero attached hydrogens (tertiary/aromatic N) is 2. The fourth-order valence-corrected chi connectivity index (χ4v) is 4.51. The van der Waals surface area contributed by atoms with Gasteiger partial charge in [-0.05, 0) is 48.4 Å². The normalized spacial score (nSPS) is 12.8. The molecule has 0 radical (unpaired) electrons. The second-order valence-corrected chi connectivity index (χ2v) is 8.64. The molecule has 0 saturated carbocycles. The third-order valence-corrected chi connectivity index (χ3v) is 6.30. The number of amides is 1. The fourth-order valence-electron chi connectivity index (χ4n) is 3.74. The van der Waals surface area contributed by atoms with Crippen LogP contribution < -0.4 is 9.62 Å². The van der Waals surface area contributed by atoms with Crippen molar-refractivity contribution >= 4 is 51.1 Å². The molecular formula is C25H22ClN3O3S. The number of rotatable bonds is 7. The van der Waals surface area contributed by atoms with Crippen LogP contribution in [0.5, 0.6) is 0 Å². The molecule has 8 heteroatoms. The first kappa shape index (κ1) is 22.9. The van der Waals surface area contributed by atoms with Crippen molar-refractivity contribution in [3.8, 4) is 0 Å². The minimum absolute atomic E-state index is 0.241. The van der Waals surface area contributed by atoms with E-state index >= 15 is 0 Å².